The molecule has 32 heavy (non-hydrogen) atoms. The Morgan fingerprint density at radius 3 is 2.62 bits per heavy atom. The molecule has 3 aromatic carbocycles. The molecule has 0 saturated carbocycles. The van der Waals surface area contributed by atoms with E-state index in [1.165, 1.54) is 21.7 Å². The fraction of sp³-hybridized carbons (Fsp3) is 0.148. The summed E-state index contributed by atoms with van der Waals surface area (Å²) < 4.78 is 15.4. The highest BCUT2D eigenvalue weighted by Gasteiger charge is 2.14. The Kier molecular flexibility index (Phi) is 5.27. The lowest BCUT2D eigenvalue weighted by Gasteiger charge is -2.08. The van der Waals surface area contributed by atoms with Crippen molar-refractivity contribution in [1.29, 1.82) is 0 Å². The molecule has 0 unspecified atom stereocenters. The third kappa shape index (κ3) is 3.59. The van der Waals surface area contributed by atoms with Gasteiger partial charge in [-0.2, -0.15) is 0 Å². The number of nitrogens with one attached hydrogen (secondary N) is 2. The van der Waals surface area contributed by atoms with Gasteiger partial charge in [-0.15, -0.1) is 11.3 Å². The summed E-state index contributed by atoms with van der Waals surface area (Å²) in [5.41, 5.74) is 6.49. The molecule has 5 heteroatoms. The van der Waals surface area contributed by atoms with Crippen LogP contribution >= 0.6 is 11.3 Å². The van der Waals surface area contributed by atoms with Gasteiger partial charge in [0.15, 0.2) is 0 Å². The van der Waals surface area contributed by atoms with Gasteiger partial charge in [0.1, 0.15) is 5.82 Å². The highest BCUT2D eigenvalue weighted by molar-refractivity contribution is 7.17. The number of aromatic nitrogens is 1. The first-order chi connectivity index (χ1) is 15.5. The maximum atomic E-state index is 14.2. The molecule has 0 aliphatic heterocycles. The molecule has 0 spiro atoms. The molecule has 5 aromatic rings. The van der Waals surface area contributed by atoms with E-state index in [1.807, 2.05) is 50.2 Å². The predicted octanol–water partition coefficient (Wildman–Crippen LogP) is 6.78. The summed E-state index contributed by atoms with van der Waals surface area (Å²) in [5, 5.41) is 7.32. The standard InChI is InChI=1S/C27H23FN2OS/c1-16-7-12-23(28)26-25(16)20(17(2)30-26)13-14-29-27(31)19-10-8-18(9-11-19)22-15-32-24-6-4-3-5-21(22)24/h3-12,15,30H,13-14H2,1-2H3,(H,29,31). The van der Waals surface area contributed by atoms with Gasteiger partial charge < -0.3 is 10.3 Å². The van der Waals surface area contributed by atoms with Gasteiger partial charge >= 0.3 is 0 Å². The van der Waals surface area contributed by atoms with Gasteiger partial charge in [-0.1, -0.05) is 36.4 Å². The van der Waals surface area contributed by atoms with Gasteiger partial charge in [-0.25, -0.2) is 4.39 Å². The number of aryl methyl sites for hydroxylation is 2. The summed E-state index contributed by atoms with van der Waals surface area (Å²) in [5.74, 6) is -0.352. The number of hydrogen-bond acceptors (Lipinski definition) is 2. The minimum Gasteiger partial charge on any atom is -0.356 e. The number of fused-ring (bicyclic) bond motifs is 2. The molecule has 2 heterocycles. The summed E-state index contributed by atoms with van der Waals surface area (Å²) in [7, 11) is 0. The molecule has 0 radical (unpaired) electrons. The number of benzene rings is 3. The normalized spacial score (nSPS) is 11.3. The molecule has 2 aromatic heterocycles. The SMILES string of the molecule is Cc1[nH]c2c(F)ccc(C)c2c1CCNC(=O)c1ccc(-c2csc3ccccc23)cc1. The van der Waals surface area contributed by atoms with Gasteiger partial charge in [-0.05, 0) is 66.6 Å². The maximum absolute atomic E-state index is 14.2. The third-order valence-electron chi connectivity index (χ3n) is 6.03. The number of aromatic amines is 1. The van der Waals surface area contributed by atoms with Gasteiger partial charge in [-0.3, -0.25) is 4.79 Å². The number of rotatable bonds is 5. The molecular weight excluding hydrogens is 419 g/mol. The second-order valence-electron chi connectivity index (χ2n) is 8.07. The van der Waals surface area contributed by atoms with Gasteiger partial charge in [0, 0.05) is 38.8 Å². The van der Waals surface area contributed by atoms with Crippen molar-refractivity contribution in [2.75, 3.05) is 6.54 Å². The summed E-state index contributed by atoms with van der Waals surface area (Å²) in [4.78, 5) is 15.8. The van der Waals surface area contributed by atoms with Crippen LogP contribution in [0.4, 0.5) is 4.39 Å². The molecule has 1 amide bonds. The smallest absolute Gasteiger partial charge is 0.251 e. The summed E-state index contributed by atoms with van der Waals surface area (Å²) in [6.45, 7) is 4.41. The van der Waals surface area contributed by atoms with E-state index in [2.05, 4.69) is 27.8 Å². The monoisotopic (exact) mass is 442 g/mol. The van der Waals surface area contributed by atoms with E-state index in [9.17, 15) is 9.18 Å². The fourth-order valence-electron chi connectivity index (χ4n) is 4.36. The van der Waals surface area contributed by atoms with Crippen LogP contribution in [0.1, 0.15) is 27.2 Å². The first kappa shape index (κ1) is 20.5. The molecular formula is C27H23FN2OS. The molecule has 5 rings (SSSR count). The van der Waals surface area contributed by atoms with Crippen LogP contribution in [-0.2, 0) is 6.42 Å². The summed E-state index contributed by atoms with van der Waals surface area (Å²) in [6.07, 6.45) is 0.640. The van der Waals surface area contributed by atoms with Gasteiger partial charge in [0.25, 0.3) is 5.91 Å². The molecule has 3 nitrogen and oxygen atoms in total. The van der Waals surface area contributed by atoms with E-state index < -0.39 is 0 Å². The number of H-pyrrole nitrogens is 1. The number of hydrogen-bond donors (Lipinski definition) is 2. The second-order valence-corrected chi connectivity index (χ2v) is 8.98. The van der Waals surface area contributed by atoms with E-state index in [0.717, 1.165) is 27.8 Å². The molecule has 0 saturated heterocycles. The maximum Gasteiger partial charge on any atom is 0.251 e. The molecule has 0 atom stereocenters. The lowest BCUT2D eigenvalue weighted by atomic mass is 10.0. The quantitative estimate of drug-likeness (QED) is 0.310. The van der Waals surface area contributed by atoms with E-state index in [0.29, 0.717) is 24.0 Å². The lowest BCUT2D eigenvalue weighted by Crippen LogP contribution is -2.25. The van der Waals surface area contributed by atoms with Crippen molar-refractivity contribution in [3.63, 3.8) is 0 Å². The number of thiophene rings is 1. The van der Waals surface area contributed by atoms with E-state index in [-0.39, 0.29) is 11.7 Å². The van der Waals surface area contributed by atoms with E-state index in [4.69, 9.17) is 0 Å². The average molecular weight is 443 g/mol. The minimum atomic E-state index is -0.248. The first-order valence-electron chi connectivity index (χ1n) is 10.6. The Morgan fingerprint density at radius 1 is 1.03 bits per heavy atom. The van der Waals surface area contributed by atoms with Crippen LogP contribution in [0.25, 0.3) is 32.1 Å². The van der Waals surface area contributed by atoms with Crippen LogP contribution in [0, 0.1) is 19.7 Å². The number of carbonyl (C=O) groups excluding carboxylic acids is 1. The zero-order valence-electron chi connectivity index (χ0n) is 18.0. The highest BCUT2D eigenvalue weighted by atomic mass is 32.1. The molecule has 0 fully saturated rings. The number of halogens is 1. The topological polar surface area (TPSA) is 44.9 Å². The molecule has 0 aliphatic carbocycles. The Bertz CT molecular complexity index is 1450. The molecule has 0 aliphatic rings. The predicted molar refractivity (Wildman–Crippen MR) is 131 cm³/mol. The van der Waals surface area contributed by atoms with Crippen molar-refractivity contribution >= 4 is 38.2 Å². The first-order valence-corrected chi connectivity index (χ1v) is 11.5. The van der Waals surface area contributed by atoms with Crippen molar-refractivity contribution in [2.24, 2.45) is 0 Å². The Labute approximate surface area is 189 Å². The van der Waals surface area contributed by atoms with Crippen LogP contribution in [-0.4, -0.2) is 17.4 Å². The van der Waals surface area contributed by atoms with Crippen LogP contribution in [0.3, 0.4) is 0 Å². The number of carbonyl (C=O) groups is 1. The Hall–Kier alpha value is -3.44. The van der Waals surface area contributed by atoms with Crippen LogP contribution in [0.2, 0.25) is 0 Å². The zero-order chi connectivity index (χ0) is 22.2. The van der Waals surface area contributed by atoms with Crippen molar-refractivity contribution < 1.29 is 9.18 Å². The van der Waals surface area contributed by atoms with Gasteiger partial charge in [0.2, 0.25) is 0 Å². The largest absolute Gasteiger partial charge is 0.356 e. The van der Waals surface area contributed by atoms with Crippen molar-refractivity contribution in [3.05, 3.63) is 94.2 Å². The fourth-order valence-corrected chi connectivity index (χ4v) is 5.33. The van der Waals surface area contributed by atoms with Crippen LogP contribution < -0.4 is 5.32 Å². The zero-order valence-corrected chi connectivity index (χ0v) is 18.8. The average Bonchev–Trinajstić information content (AvgIpc) is 3.38. The van der Waals surface area contributed by atoms with E-state index >= 15 is 0 Å². The second kappa shape index (κ2) is 8.24. The molecule has 160 valence electrons. The van der Waals surface area contributed by atoms with Crippen LogP contribution in [0.15, 0.2) is 66.0 Å². The third-order valence-corrected chi connectivity index (χ3v) is 6.99. The Morgan fingerprint density at radius 2 is 1.81 bits per heavy atom. The minimum absolute atomic E-state index is 0.105. The van der Waals surface area contributed by atoms with Crippen molar-refractivity contribution in [3.8, 4) is 11.1 Å². The molecule has 0 bridgehead atoms. The summed E-state index contributed by atoms with van der Waals surface area (Å²) in [6, 6.07) is 19.4. The highest BCUT2D eigenvalue weighted by Crippen LogP contribution is 2.34. The van der Waals surface area contributed by atoms with Crippen LogP contribution in [0.5, 0.6) is 0 Å². The Balaban J connectivity index is 1.29. The number of amides is 1. The molecule has 2 N–H and O–H groups in total. The van der Waals surface area contributed by atoms with E-state index in [1.54, 1.807) is 17.4 Å². The summed E-state index contributed by atoms with van der Waals surface area (Å²) >= 11 is 1.73. The van der Waals surface area contributed by atoms with Crippen molar-refractivity contribution in [2.45, 2.75) is 20.3 Å². The van der Waals surface area contributed by atoms with Gasteiger partial charge in [0.05, 0.1) is 5.52 Å². The lowest BCUT2D eigenvalue weighted by molar-refractivity contribution is 0.0954. The van der Waals surface area contributed by atoms with Crippen molar-refractivity contribution in [1.82, 2.24) is 10.3 Å².